The highest BCUT2D eigenvalue weighted by Gasteiger charge is 2.30. The van der Waals surface area contributed by atoms with Crippen LogP contribution >= 0.6 is 22.9 Å². The van der Waals surface area contributed by atoms with E-state index in [1.54, 1.807) is 35.7 Å². The molecule has 160 valence electrons. The van der Waals surface area contributed by atoms with Gasteiger partial charge in [-0.25, -0.2) is 8.42 Å². The molecule has 0 spiro atoms. The number of benzene rings is 2. The Balaban J connectivity index is 1.68. The minimum atomic E-state index is -3.72. The lowest BCUT2D eigenvalue weighted by Crippen LogP contribution is -2.35. The van der Waals surface area contributed by atoms with Crippen molar-refractivity contribution in [2.75, 3.05) is 16.2 Å². The first-order valence-corrected chi connectivity index (χ1v) is 11.9. The Morgan fingerprint density at radius 3 is 2.71 bits per heavy atom. The summed E-state index contributed by atoms with van der Waals surface area (Å²) in [6.45, 7) is 0.324. The zero-order valence-electron chi connectivity index (χ0n) is 15.9. The maximum atomic E-state index is 13.1. The fourth-order valence-corrected chi connectivity index (χ4v) is 6.24. The predicted molar refractivity (Wildman–Crippen MR) is 120 cm³/mol. The lowest BCUT2D eigenvalue weighted by atomic mass is 10.0. The summed E-state index contributed by atoms with van der Waals surface area (Å²) in [6, 6.07) is 11.9. The fraction of sp³-hybridized carbons (Fsp3) is 0.150. The van der Waals surface area contributed by atoms with Gasteiger partial charge >= 0.3 is 0 Å². The van der Waals surface area contributed by atoms with Crippen molar-refractivity contribution in [2.45, 2.75) is 17.1 Å². The zero-order chi connectivity index (χ0) is 22.2. The SMILES string of the molecule is O=C(Nc1ccc2c(c1)N(S(=O)(=O)c1cccs1)CCC2)c1cc(Cl)ccc1[N+](=O)[O-]. The molecule has 1 N–H and O–H groups in total. The number of thiophene rings is 1. The maximum absolute atomic E-state index is 13.1. The number of hydrogen-bond donors (Lipinski definition) is 1. The van der Waals surface area contributed by atoms with Crippen LogP contribution in [0.15, 0.2) is 58.1 Å². The molecule has 0 radical (unpaired) electrons. The molecular weight excluding hydrogens is 462 g/mol. The minimum Gasteiger partial charge on any atom is -0.322 e. The molecular formula is C20H16ClN3O5S2. The van der Waals surface area contributed by atoms with Crippen LogP contribution in [-0.4, -0.2) is 25.8 Å². The normalized spacial score (nSPS) is 13.5. The highest BCUT2D eigenvalue weighted by molar-refractivity contribution is 7.94. The molecule has 0 bridgehead atoms. The molecule has 2 aromatic carbocycles. The standard InChI is InChI=1S/C20H16ClN3O5S2/c21-14-6-8-17(24(26)27)16(11-14)20(25)22-15-7-5-13-3-1-9-23(18(13)12-15)31(28,29)19-4-2-10-30-19/h2,4-8,10-12H,1,3,9H2,(H,22,25). The molecule has 2 heterocycles. The van der Waals surface area contributed by atoms with Crippen LogP contribution in [0.25, 0.3) is 0 Å². The summed E-state index contributed by atoms with van der Waals surface area (Å²) >= 11 is 7.05. The van der Waals surface area contributed by atoms with E-state index in [-0.39, 0.29) is 20.5 Å². The molecule has 1 amide bonds. The average Bonchev–Trinajstić information content (AvgIpc) is 3.28. The third-order valence-electron chi connectivity index (χ3n) is 4.86. The van der Waals surface area contributed by atoms with Crippen LogP contribution < -0.4 is 9.62 Å². The second-order valence-electron chi connectivity index (χ2n) is 6.83. The zero-order valence-corrected chi connectivity index (χ0v) is 18.3. The van der Waals surface area contributed by atoms with E-state index in [1.165, 1.54) is 22.5 Å². The van der Waals surface area contributed by atoms with Crippen molar-refractivity contribution in [3.05, 3.63) is 80.2 Å². The van der Waals surface area contributed by atoms with Crippen LogP contribution in [0.1, 0.15) is 22.3 Å². The molecule has 1 aromatic heterocycles. The molecule has 0 saturated heterocycles. The monoisotopic (exact) mass is 477 g/mol. The number of aryl methyl sites for hydroxylation is 1. The number of nitro benzene ring substituents is 1. The smallest absolute Gasteiger partial charge is 0.282 e. The average molecular weight is 478 g/mol. The number of carbonyl (C=O) groups is 1. The number of amides is 1. The summed E-state index contributed by atoms with van der Waals surface area (Å²) in [5.41, 5.74) is 1.10. The van der Waals surface area contributed by atoms with Gasteiger partial charge in [0.2, 0.25) is 0 Å². The molecule has 0 fully saturated rings. The fourth-order valence-electron chi connectivity index (χ4n) is 3.44. The molecule has 0 unspecified atom stereocenters. The Morgan fingerprint density at radius 1 is 1.19 bits per heavy atom. The molecule has 0 atom stereocenters. The van der Waals surface area contributed by atoms with Crippen LogP contribution in [-0.2, 0) is 16.4 Å². The quantitative estimate of drug-likeness (QED) is 0.423. The second-order valence-corrected chi connectivity index (χ2v) is 10.3. The summed E-state index contributed by atoms with van der Waals surface area (Å²) < 4.78 is 27.7. The van der Waals surface area contributed by atoms with Crippen molar-refractivity contribution < 1.29 is 18.1 Å². The number of anilines is 2. The van der Waals surface area contributed by atoms with E-state index in [2.05, 4.69) is 5.32 Å². The molecule has 31 heavy (non-hydrogen) atoms. The van der Waals surface area contributed by atoms with Crippen LogP contribution in [0, 0.1) is 10.1 Å². The molecule has 1 aliphatic rings. The number of nitrogens with zero attached hydrogens (tertiary/aromatic N) is 2. The van der Waals surface area contributed by atoms with E-state index in [4.69, 9.17) is 11.6 Å². The van der Waals surface area contributed by atoms with Crippen molar-refractivity contribution in [2.24, 2.45) is 0 Å². The van der Waals surface area contributed by atoms with Gasteiger partial charge in [-0.2, -0.15) is 0 Å². The molecule has 8 nitrogen and oxygen atoms in total. The van der Waals surface area contributed by atoms with Crippen molar-refractivity contribution in [1.82, 2.24) is 0 Å². The van der Waals surface area contributed by atoms with Crippen LogP contribution in [0.2, 0.25) is 5.02 Å². The van der Waals surface area contributed by atoms with E-state index >= 15 is 0 Å². The van der Waals surface area contributed by atoms with Crippen molar-refractivity contribution in [3.63, 3.8) is 0 Å². The predicted octanol–water partition coefficient (Wildman–Crippen LogP) is 4.70. The maximum Gasteiger partial charge on any atom is 0.282 e. The number of nitrogens with one attached hydrogen (secondary N) is 1. The molecule has 0 saturated carbocycles. The minimum absolute atomic E-state index is 0.182. The third-order valence-corrected chi connectivity index (χ3v) is 8.28. The first-order chi connectivity index (χ1) is 14.8. The summed E-state index contributed by atoms with van der Waals surface area (Å²) in [5.74, 6) is -0.711. The van der Waals surface area contributed by atoms with Gasteiger partial charge in [-0.3, -0.25) is 19.2 Å². The van der Waals surface area contributed by atoms with Gasteiger partial charge < -0.3 is 5.32 Å². The first kappa shape index (κ1) is 21.3. The van der Waals surface area contributed by atoms with Gasteiger partial charge in [0.25, 0.3) is 21.6 Å². The van der Waals surface area contributed by atoms with Crippen LogP contribution in [0.5, 0.6) is 0 Å². The second kappa shape index (κ2) is 8.29. The van der Waals surface area contributed by atoms with Gasteiger partial charge in [0.15, 0.2) is 0 Å². The Morgan fingerprint density at radius 2 is 2.00 bits per heavy atom. The third kappa shape index (κ3) is 4.14. The van der Waals surface area contributed by atoms with E-state index < -0.39 is 20.9 Å². The number of sulfonamides is 1. The molecule has 3 aromatic rings. The number of nitro groups is 1. The lowest BCUT2D eigenvalue weighted by molar-refractivity contribution is -0.385. The summed E-state index contributed by atoms with van der Waals surface area (Å²) in [7, 11) is -3.72. The van der Waals surface area contributed by atoms with Crippen molar-refractivity contribution in [3.8, 4) is 0 Å². The number of hydrogen-bond acceptors (Lipinski definition) is 6. The first-order valence-electron chi connectivity index (χ1n) is 9.22. The molecule has 11 heteroatoms. The molecule has 0 aliphatic carbocycles. The molecule has 1 aliphatic heterocycles. The Bertz CT molecular complexity index is 1280. The van der Waals surface area contributed by atoms with E-state index in [0.717, 1.165) is 16.9 Å². The van der Waals surface area contributed by atoms with Gasteiger partial charge in [-0.1, -0.05) is 23.7 Å². The Labute approximate surface area is 187 Å². The summed E-state index contributed by atoms with van der Waals surface area (Å²) in [5, 5.41) is 15.8. The van der Waals surface area contributed by atoms with Crippen molar-refractivity contribution >= 4 is 55.9 Å². The number of carbonyl (C=O) groups excluding carboxylic acids is 1. The highest BCUT2D eigenvalue weighted by atomic mass is 35.5. The van der Waals surface area contributed by atoms with Crippen LogP contribution in [0.4, 0.5) is 17.1 Å². The van der Waals surface area contributed by atoms with Gasteiger partial charge in [-0.05, 0) is 54.1 Å². The lowest BCUT2D eigenvalue weighted by Gasteiger charge is -2.30. The van der Waals surface area contributed by atoms with Gasteiger partial charge in [0.1, 0.15) is 9.77 Å². The Kier molecular flexibility index (Phi) is 5.69. The van der Waals surface area contributed by atoms with Gasteiger partial charge in [-0.15, -0.1) is 11.3 Å². The topological polar surface area (TPSA) is 110 Å². The number of fused-ring (bicyclic) bond motifs is 1. The summed E-state index contributed by atoms with van der Waals surface area (Å²) in [4.78, 5) is 23.3. The Hall–Kier alpha value is -2.95. The molecule has 4 rings (SSSR count). The number of rotatable bonds is 5. The van der Waals surface area contributed by atoms with Crippen LogP contribution in [0.3, 0.4) is 0 Å². The highest BCUT2D eigenvalue weighted by Crippen LogP contribution is 2.35. The van der Waals surface area contributed by atoms with Crippen molar-refractivity contribution in [1.29, 1.82) is 0 Å². The largest absolute Gasteiger partial charge is 0.322 e. The van der Waals surface area contributed by atoms with E-state index in [9.17, 15) is 23.3 Å². The van der Waals surface area contributed by atoms with E-state index in [1.807, 2.05) is 0 Å². The van der Waals surface area contributed by atoms with Gasteiger partial charge in [0.05, 0.1) is 10.6 Å². The number of halogens is 1. The van der Waals surface area contributed by atoms with Gasteiger partial charge in [0, 0.05) is 23.3 Å². The van der Waals surface area contributed by atoms with E-state index in [0.29, 0.717) is 30.8 Å². The summed E-state index contributed by atoms with van der Waals surface area (Å²) in [6.07, 6.45) is 1.39.